The van der Waals surface area contributed by atoms with Gasteiger partial charge in [0.25, 0.3) is 5.91 Å². The van der Waals surface area contributed by atoms with Gasteiger partial charge in [-0.1, -0.05) is 20.3 Å². The standard InChI is InChI=1S/C18H28N4O2/c1-3-12(2)9-19-18(24)16-15-8-7-13(10-22(15)11-20-16)17(23)21-14-5-4-6-14/h11-14H,3-10H2,1-2H3,(H,19,24)(H,21,23). The van der Waals surface area contributed by atoms with Crippen LogP contribution in [-0.2, 0) is 17.8 Å². The predicted molar refractivity (Wildman–Crippen MR) is 91.6 cm³/mol. The highest BCUT2D eigenvalue weighted by Crippen LogP contribution is 2.24. The summed E-state index contributed by atoms with van der Waals surface area (Å²) in [4.78, 5) is 29.0. The Hall–Kier alpha value is -1.85. The van der Waals surface area contributed by atoms with Crippen LogP contribution < -0.4 is 10.6 Å². The molecule has 0 bridgehead atoms. The Morgan fingerprint density at radius 2 is 2.17 bits per heavy atom. The van der Waals surface area contributed by atoms with E-state index in [-0.39, 0.29) is 17.7 Å². The molecule has 1 fully saturated rings. The third-order valence-corrected chi connectivity index (χ3v) is 5.44. The van der Waals surface area contributed by atoms with Crippen molar-refractivity contribution in [1.29, 1.82) is 0 Å². The van der Waals surface area contributed by atoms with Gasteiger partial charge in [-0.15, -0.1) is 0 Å². The summed E-state index contributed by atoms with van der Waals surface area (Å²) in [6.45, 7) is 5.53. The van der Waals surface area contributed by atoms with Gasteiger partial charge in [-0.25, -0.2) is 4.98 Å². The number of aromatic nitrogens is 2. The zero-order chi connectivity index (χ0) is 17.1. The van der Waals surface area contributed by atoms with Crippen LogP contribution >= 0.6 is 0 Å². The summed E-state index contributed by atoms with van der Waals surface area (Å²) < 4.78 is 1.98. The number of imidazole rings is 1. The number of hydrogen-bond acceptors (Lipinski definition) is 3. The Morgan fingerprint density at radius 3 is 2.83 bits per heavy atom. The van der Waals surface area contributed by atoms with Crippen molar-refractivity contribution in [3.63, 3.8) is 0 Å². The lowest BCUT2D eigenvalue weighted by atomic mass is 9.91. The maximum atomic E-state index is 12.3. The molecule has 3 rings (SSSR count). The Kier molecular flexibility index (Phi) is 5.21. The molecule has 0 saturated heterocycles. The third-order valence-electron chi connectivity index (χ3n) is 5.44. The van der Waals surface area contributed by atoms with Gasteiger partial charge in [0.05, 0.1) is 17.9 Å². The van der Waals surface area contributed by atoms with Crippen LogP contribution in [0.5, 0.6) is 0 Å². The Balaban J connectivity index is 1.59. The Bertz CT molecular complexity index is 606. The van der Waals surface area contributed by atoms with E-state index in [1.807, 2.05) is 4.57 Å². The normalized spacial score (nSPS) is 21.5. The van der Waals surface area contributed by atoms with Gasteiger partial charge in [-0.2, -0.15) is 0 Å². The summed E-state index contributed by atoms with van der Waals surface area (Å²) in [6.07, 6.45) is 7.70. The number of hydrogen-bond donors (Lipinski definition) is 2. The van der Waals surface area contributed by atoms with Crippen LogP contribution in [0.2, 0.25) is 0 Å². The summed E-state index contributed by atoms with van der Waals surface area (Å²) in [5, 5.41) is 6.10. The number of amides is 2. The van der Waals surface area contributed by atoms with Crippen LogP contribution in [0, 0.1) is 11.8 Å². The average molecular weight is 332 g/mol. The number of carbonyl (C=O) groups excluding carboxylic acids is 2. The lowest BCUT2D eigenvalue weighted by Gasteiger charge is -2.30. The van der Waals surface area contributed by atoms with Crippen molar-refractivity contribution in [2.75, 3.05) is 6.54 Å². The largest absolute Gasteiger partial charge is 0.353 e. The molecule has 0 spiro atoms. The third kappa shape index (κ3) is 3.62. The van der Waals surface area contributed by atoms with Crippen molar-refractivity contribution in [2.45, 2.75) is 65.0 Å². The van der Waals surface area contributed by atoms with Crippen molar-refractivity contribution in [3.8, 4) is 0 Å². The summed E-state index contributed by atoms with van der Waals surface area (Å²) in [7, 11) is 0. The van der Waals surface area contributed by atoms with Crippen LogP contribution in [-0.4, -0.2) is 34.0 Å². The van der Waals surface area contributed by atoms with Gasteiger partial charge in [0.15, 0.2) is 0 Å². The quantitative estimate of drug-likeness (QED) is 0.835. The van der Waals surface area contributed by atoms with E-state index in [2.05, 4.69) is 29.5 Å². The van der Waals surface area contributed by atoms with Crippen LogP contribution in [0.3, 0.4) is 0 Å². The molecule has 2 aliphatic rings. The van der Waals surface area contributed by atoms with E-state index in [4.69, 9.17) is 0 Å². The van der Waals surface area contributed by atoms with Gasteiger partial charge in [-0.3, -0.25) is 9.59 Å². The number of fused-ring (bicyclic) bond motifs is 1. The minimum atomic E-state index is -0.0959. The van der Waals surface area contributed by atoms with Crippen LogP contribution in [0.25, 0.3) is 0 Å². The van der Waals surface area contributed by atoms with E-state index in [0.29, 0.717) is 30.7 Å². The number of rotatable bonds is 6. The fourth-order valence-electron chi connectivity index (χ4n) is 3.24. The topological polar surface area (TPSA) is 76.0 Å². The molecule has 0 radical (unpaired) electrons. The van der Waals surface area contributed by atoms with E-state index in [9.17, 15) is 9.59 Å². The highest BCUT2D eigenvalue weighted by molar-refractivity contribution is 5.93. The molecule has 1 aromatic heterocycles. The van der Waals surface area contributed by atoms with Gasteiger partial charge >= 0.3 is 0 Å². The zero-order valence-electron chi connectivity index (χ0n) is 14.7. The first-order valence-corrected chi connectivity index (χ1v) is 9.21. The SMILES string of the molecule is CCC(C)CNC(=O)c1ncn2c1CCC(C(=O)NC1CCC1)C2. The monoisotopic (exact) mass is 332 g/mol. The second kappa shape index (κ2) is 7.36. The van der Waals surface area contributed by atoms with Gasteiger partial charge < -0.3 is 15.2 Å². The predicted octanol–water partition coefficient (Wildman–Crippen LogP) is 1.89. The van der Waals surface area contributed by atoms with Gasteiger partial charge in [0.2, 0.25) is 5.91 Å². The minimum absolute atomic E-state index is 0.0108. The molecule has 2 N–H and O–H groups in total. The zero-order valence-corrected chi connectivity index (χ0v) is 14.7. The smallest absolute Gasteiger partial charge is 0.271 e. The van der Waals surface area contributed by atoms with Gasteiger partial charge in [0.1, 0.15) is 5.69 Å². The van der Waals surface area contributed by atoms with Crippen molar-refractivity contribution in [3.05, 3.63) is 17.7 Å². The molecule has 0 aromatic carbocycles. The summed E-state index contributed by atoms with van der Waals surface area (Å²) in [5.41, 5.74) is 1.49. The van der Waals surface area contributed by atoms with Crippen molar-refractivity contribution >= 4 is 11.8 Å². The van der Waals surface area contributed by atoms with Gasteiger partial charge in [-0.05, 0) is 38.0 Å². The molecule has 6 nitrogen and oxygen atoms in total. The molecule has 2 heterocycles. The molecule has 2 atom stereocenters. The highest BCUT2D eigenvalue weighted by atomic mass is 16.2. The summed E-state index contributed by atoms with van der Waals surface area (Å²) >= 11 is 0. The van der Waals surface area contributed by atoms with Crippen molar-refractivity contribution in [1.82, 2.24) is 20.2 Å². The number of carbonyl (C=O) groups is 2. The van der Waals surface area contributed by atoms with Crippen LogP contribution in [0.4, 0.5) is 0 Å². The number of nitrogens with one attached hydrogen (secondary N) is 2. The number of nitrogens with zero attached hydrogens (tertiary/aromatic N) is 2. The lowest BCUT2D eigenvalue weighted by Crippen LogP contribution is -2.44. The van der Waals surface area contributed by atoms with Crippen molar-refractivity contribution < 1.29 is 9.59 Å². The molecule has 6 heteroatoms. The van der Waals surface area contributed by atoms with E-state index >= 15 is 0 Å². The van der Waals surface area contributed by atoms with E-state index < -0.39 is 0 Å². The van der Waals surface area contributed by atoms with E-state index in [1.54, 1.807) is 6.33 Å². The molecule has 2 amide bonds. The first-order chi connectivity index (χ1) is 11.6. The molecule has 1 saturated carbocycles. The molecule has 1 aliphatic carbocycles. The fourth-order valence-corrected chi connectivity index (χ4v) is 3.24. The summed E-state index contributed by atoms with van der Waals surface area (Å²) in [5.74, 6) is 0.513. The first kappa shape index (κ1) is 17.0. The molecular formula is C18H28N4O2. The summed E-state index contributed by atoms with van der Waals surface area (Å²) in [6, 6.07) is 0.378. The molecule has 132 valence electrons. The molecule has 1 aliphatic heterocycles. The Labute approximate surface area is 143 Å². The average Bonchev–Trinajstić information content (AvgIpc) is 2.98. The molecule has 1 aromatic rings. The van der Waals surface area contributed by atoms with E-state index in [0.717, 1.165) is 37.8 Å². The Morgan fingerprint density at radius 1 is 1.38 bits per heavy atom. The van der Waals surface area contributed by atoms with Crippen LogP contribution in [0.1, 0.15) is 62.1 Å². The molecular weight excluding hydrogens is 304 g/mol. The van der Waals surface area contributed by atoms with E-state index in [1.165, 1.54) is 6.42 Å². The van der Waals surface area contributed by atoms with Crippen molar-refractivity contribution in [2.24, 2.45) is 11.8 Å². The minimum Gasteiger partial charge on any atom is -0.353 e. The van der Waals surface area contributed by atoms with Gasteiger partial charge in [0, 0.05) is 19.1 Å². The second-order valence-electron chi connectivity index (χ2n) is 7.29. The highest BCUT2D eigenvalue weighted by Gasteiger charge is 2.30. The lowest BCUT2D eigenvalue weighted by molar-refractivity contribution is -0.127. The van der Waals surface area contributed by atoms with Crippen LogP contribution in [0.15, 0.2) is 6.33 Å². The second-order valence-corrected chi connectivity index (χ2v) is 7.29. The maximum Gasteiger partial charge on any atom is 0.271 e. The maximum absolute atomic E-state index is 12.3. The first-order valence-electron chi connectivity index (χ1n) is 9.21. The fraction of sp³-hybridized carbons (Fsp3) is 0.722. The molecule has 2 unspecified atom stereocenters. The molecule has 24 heavy (non-hydrogen) atoms.